The molecule has 0 atom stereocenters. The molecular weight excluding hydrogens is 252 g/mol. The Morgan fingerprint density at radius 1 is 1.05 bits per heavy atom. The minimum atomic E-state index is 0.267. The van der Waals surface area contributed by atoms with Crippen LogP contribution in [0.3, 0.4) is 0 Å². The van der Waals surface area contributed by atoms with Crippen LogP contribution in [0.4, 0.5) is 0 Å². The first-order valence-corrected chi connectivity index (χ1v) is 6.39. The van der Waals surface area contributed by atoms with Gasteiger partial charge < -0.3 is 9.26 Å². The Balaban J connectivity index is 1.69. The molecule has 4 heteroatoms. The third-order valence-electron chi connectivity index (χ3n) is 2.85. The van der Waals surface area contributed by atoms with E-state index in [2.05, 4.69) is 10.1 Å². The Kier molecular flexibility index (Phi) is 3.46. The van der Waals surface area contributed by atoms with Gasteiger partial charge in [0.2, 0.25) is 5.82 Å². The SMILES string of the molecule is Cc1cccc(OCc2nc(-c3ccccc3)no2)c1. The number of benzene rings is 2. The molecule has 20 heavy (non-hydrogen) atoms. The van der Waals surface area contributed by atoms with E-state index < -0.39 is 0 Å². The van der Waals surface area contributed by atoms with Crippen LogP contribution in [-0.4, -0.2) is 10.1 Å². The highest BCUT2D eigenvalue weighted by molar-refractivity contribution is 5.53. The van der Waals surface area contributed by atoms with Gasteiger partial charge >= 0.3 is 0 Å². The number of hydrogen-bond donors (Lipinski definition) is 0. The van der Waals surface area contributed by atoms with Gasteiger partial charge in [0.1, 0.15) is 5.75 Å². The second-order valence-corrected chi connectivity index (χ2v) is 4.48. The van der Waals surface area contributed by atoms with Crippen LogP contribution in [0.2, 0.25) is 0 Å². The third-order valence-corrected chi connectivity index (χ3v) is 2.85. The average Bonchev–Trinajstić information content (AvgIpc) is 2.95. The van der Waals surface area contributed by atoms with E-state index in [-0.39, 0.29) is 6.61 Å². The molecule has 0 aliphatic carbocycles. The van der Waals surface area contributed by atoms with Crippen molar-refractivity contribution in [1.29, 1.82) is 0 Å². The van der Waals surface area contributed by atoms with Crippen LogP contribution in [0, 0.1) is 6.92 Å². The predicted octanol–water partition coefficient (Wildman–Crippen LogP) is 3.62. The summed E-state index contributed by atoms with van der Waals surface area (Å²) < 4.78 is 10.8. The van der Waals surface area contributed by atoms with Crippen LogP contribution in [0.5, 0.6) is 5.75 Å². The van der Waals surface area contributed by atoms with E-state index in [1.165, 1.54) is 0 Å². The van der Waals surface area contributed by atoms with Gasteiger partial charge in [-0.05, 0) is 24.6 Å². The molecule has 100 valence electrons. The molecule has 0 N–H and O–H groups in total. The maximum atomic E-state index is 5.63. The summed E-state index contributed by atoms with van der Waals surface area (Å²) in [6, 6.07) is 17.6. The lowest BCUT2D eigenvalue weighted by molar-refractivity contribution is 0.243. The van der Waals surface area contributed by atoms with Crippen molar-refractivity contribution in [2.45, 2.75) is 13.5 Å². The molecule has 0 aliphatic heterocycles. The molecule has 0 spiro atoms. The fourth-order valence-electron chi connectivity index (χ4n) is 1.87. The maximum Gasteiger partial charge on any atom is 0.264 e. The lowest BCUT2D eigenvalue weighted by atomic mass is 10.2. The van der Waals surface area contributed by atoms with Gasteiger partial charge in [-0.3, -0.25) is 0 Å². The van der Waals surface area contributed by atoms with Gasteiger partial charge in [-0.15, -0.1) is 0 Å². The van der Waals surface area contributed by atoms with Gasteiger partial charge in [-0.1, -0.05) is 47.6 Å². The Labute approximate surface area is 117 Å². The third kappa shape index (κ3) is 2.85. The Bertz CT molecular complexity index is 692. The van der Waals surface area contributed by atoms with E-state index in [1.807, 2.05) is 61.5 Å². The lowest BCUT2D eigenvalue weighted by Crippen LogP contribution is -1.95. The van der Waals surface area contributed by atoms with Crippen LogP contribution >= 0.6 is 0 Å². The van der Waals surface area contributed by atoms with Crippen molar-refractivity contribution >= 4 is 0 Å². The standard InChI is InChI=1S/C16H14N2O2/c1-12-6-5-9-14(10-12)19-11-15-17-16(18-20-15)13-7-3-2-4-8-13/h2-10H,11H2,1H3. The van der Waals surface area contributed by atoms with E-state index in [0.29, 0.717) is 11.7 Å². The lowest BCUT2D eigenvalue weighted by Gasteiger charge is -2.03. The van der Waals surface area contributed by atoms with Crippen LogP contribution < -0.4 is 4.74 Å². The molecule has 0 saturated carbocycles. The number of aryl methyl sites for hydroxylation is 1. The molecule has 0 radical (unpaired) electrons. The number of hydrogen-bond acceptors (Lipinski definition) is 4. The van der Waals surface area contributed by atoms with Crippen molar-refractivity contribution in [2.75, 3.05) is 0 Å². The van der Waals surface area contributed by atoms with Gasteiger partial charge in [0, 0.05) is 5.56 Å². The molecule has 4 nitrogen and oxygen atoms in total. The minimum absolute atomic E-state index is 0.267. The first-order chi connectivity index (χ1) is 9.81. The first-order valence-electron chi connectivity index (χ1n) is 6.39. The number of aromatic nitrogens is 2. The van der Waals surface area contributed by atoms with Gasteiger partial charge in [0.25, 0.3) is 5.89 Å². The molecule has 0 saturated heterocycles. The minimum Gasteiger partial charge on any atom is -0.484 e. The highest BCUT2D eigenvalue weighted by atomic mass is 16.5. The summed E-state index contributed by atoms with van der Waals surface area (Å²) in [4.78, 5) is 4.32. The van der Waals surface area contributed by atoms with Gasteiger partial charge in [0.15, 0.2) is 6.61 Å². The molecule has 0 bridgehead atoms. The van der Waals surface area contributed by atoms with Crippen molar-refractivity contribution in [3.63, 3.8) is 0 Å². The van der Waals surface area contributed by atoms with E-state index in [1.54, 1.807) is 0 Å². The zero-order valence-electron chi connectivity index (χ0n) is 11.1. The predicted molar refractivity (Wildman–Crippen MR) is 75.2 cm³/mol. The highest BCUT2D eigenvalue weighted by Gasteiger charge is 2.08. The first kappa shape index (κ1) is 12.4. The summed E-state index contributed by atoms with van der Waals surface area (Å²) in [5.41, 5.74) is 2.08. The van der Waals surface area contributed by atoms with Crippen molar-refractivity contribution in [3.8, 4) is 17.1 Å². The second kappa shape index (κ2) is 5.57. The quantitative estimate of drug-likeness (QED) is 0.723. The van der Waals surface area contributed by atoms with Crippen LogP contribution in [0.15, 0.2) is 59.1 Å². The average molecular weight is 266 g/mol. The smallest absolute Gasteiger partial charge is 0.264 e. The molecule has 0 unspecified atom stereocenters. The molecule has 1 aromatic heterocycles. The summed E-state index contributed by atoms with van der Waals surface area (Å²) in [7, 11) is 0. The molecule has 3 rings (SSSR count). The molecule has 2 aromatic carbocycles. The number of ether oxygens (including phenoxy) is 1. The zero-order chi connectivity index (χ0) is 13.8. The van der Waals surface area contributed by atoms with Gasteiger partial charge in [0.05, 0.1) is 0 Å². The highest BCUT2D eigenvalue weighted by Crippen LogP contribution is 2.17. The Hall–Kier alpha value is -2.62. The van der Waals surface area contributed by atoms with E-state index in [9.17, 15) is 0 Å². The summed E-state index contributed by atoms with van der Waals surface area (Å²) in [6.07, 6.45) is 0. The molecule has 1 heterocycles. The van der Waals surface area contributed by atoms with Crippen molar-refractivity contribution in [3.05, 3.63) is 66.1 Å². The Morgan fingerprint density at radius 3 is 2.70 bits per heavy atom. The van der Waals surface area contributed by atoms with E-state index >= 15 is 0 Å². The maximum absolute atomic E-state index is 5.63. The fraction of sp³-hybridized carbons (Fsp3) is 0.125. The zero-order valence-corrected chi connectivity index (χ0v) is 11.1. The van der Waals surface area contributed by atoms with Crippen molar-refractivity contribution in [2.24, 2.45) is 0 Å². The van der Waals surface area contributed by atoms with E-state index in [0.717, 1.165) is 16.9 Å². The number of nitrogens with zero attached hydrogens (tertiary/aromatic N) is 2. The molecule has 0 aliphatic rings. The monoisotopic (exact) mass is 266 g/mol. The van der Waals surface area contributed by atoms with Crippen molar-refractivity contribution < 1.29 is 9.26 Å². The summed E-state index contributed by atoms with van der Waals surface area (Å²) in [5.74, 6) is 1.84. The molecule has 3 aromatic rings. The van der Waals surface area contributed by atoms with Crippen LogP contribution in [-0.2, 0) is 6.61 Å². The second-order valence-electron chi connectivity index (χ2n) is 4.48. The molecule has 0 amide bonds. The summed E-state index contributed by atoms with van der Waals surface area (Å²) in [5, 5.41) is 3.95. The summed E-state index contributed by atoms with van der Waals surface area (Å²) >= 11 is 0. The molecule has 0 fully saturated rings. The van der Waals surface area contributed by atoms with Crippen LogP contribution in [0.25, 0.3) is 11.4 Å². The normalized spacial score (nSPS) is 10.4. The summed E-state index contributed by atoms with van der Waals surface area (Å²) in [6.45, 7) is 2.29. The van der Waals surface area contributed by atoms with Gasteiger partial charge in [-0.2, -0.15) is 4.98 Å². The van der Waals surface area contributed by atoms with Gasteiger partial charge in [-0.25, -0.2) is 0 Å². The topological polar surface area (TPSA) is 48.2 Å². The van der Waals surface area contributed by atoms with E-state index in [4.69, 9.17) is 9.26 Å². The van der Waals surface area contributed by atoms with Crippen molar-refractivity contribution in [1.82, 2.24) is 10.1 Å². The molecular formula is C16H14N2O2. The fourth-order valence-corrected chi connectivity index (χ4v) is 1.87. The number of rotatable bonds is 4. The Morgan fingerprint density at radius 2 is 1.90 bits per heavy atom. The largest absolute Gasteiger partial charge is 0.484 e. The van der Waals surface area contributed by atoms with Crippen LogP contribution in [0.1, 0.15) is 11.5 Å².